The lowest BCUT2D eigenvalue weighted by molar-refractivity contribution is 0.590. The fourth-order valence-corrected chi connectivity index (χ4v) is 11.1. The average Bonchev–Trinajstić information content (AvgIpc) is 3.62. The highest BCUT2D eigenvalue weighted by Crippen LogP contribution is 2.57. The molecule has 3 aliphatic heterocycles. The molecule has 0 saturated carbocycles. The highest BCUT2D eigenvalue weighted by molar-refractivity contribution is 7.99. The number of hydrogen-bond acceptors (Lipinski definition) is 3. The zero-order chi connectivity index (χ0) is 33.1. The van der Waals surface area contributed by atoms with Crippen molar-refractivity contribution in [3.63, 3.8) is 0 Å². The molecule has 0 radical (unpaired) electrons. The lowest BCUT2D eigenvalue weighted by atomic mass is 9.45. The van der Waals surface area contributed by atoms with Gasteiger partial charge in [-0.05, 0) is 93.0 Å². The normalized spacial score (nSPS) is 14.6. The SMILES string of the molecule is CC(C)(C)c1ccc2c(c1)c1cc(C(C)(C)C)cc3c1n2B1c2cccc4c2N(c2ccccc2S4)c2c1c-3cc1sc3ccccc3c21. The van der Waals surface area contributed by atoms with E-state index in [0.29, 0.717) is 0 Å². The fraction of sp³-hybridized carbons (Fsp3) is 0.182. The molecule has 0 atom stereocenters. The molecule has 0 unspecified atom stereocenters. The van der Waals surface area contributed by atoms with Gasteiger partial charge in [-0.2, -0.15) is 0 Å². The molecule has 2 aromatic heterocycles. The summed E-state index contributed by atoms with van der Waals surface area (Å²) >= 11 is 3.85. The second-order valence-electron chi connectivity index (χ2n) is 16.2. The van der Waals surface area contributed by atoms with Gasteiger partial charge < -0.3 is 9.38 Å². The van der Waals surface area contributed by atoms with E-state index in [1.165, 1.54) is 102 Å². The molecule has 0 amide bonds. The largest absolute Gasteiger partial charge is 0.375 e. The number of hydrogen-bond donors (Lipinski definition) is 0. The zero-order valence-corrected chi connectivity index (χ0v) is 30.2. The first-order chi connectivity index (χ1) is 23.6. The van der Waals surface area contributed by atoms with Gasteiger partial charge in [-0.1, -0.05) is 102 Å². The fourth-order valence-electron chi connectivity index (χ4n) is 8.87. The van der Waals surface area contributed by atoms with Gasteiger partial charge in [0, 0.05) is 57.3 Å². The Morgan fingerprint density at radius 3 is 2.18 bits per heavy atom. The smallest absolute Gasteiger partial charge is 0.333 e. The lowest BCUT2D eigenvalue weighted by Crippen LogP contribution is -2.57. The number of fused-ring (bicyclic) bond motifs is 13. The van der Waals surface area contributed by atoms with Crippen molar-refractivity contribution in [1.29, 1.82) is 0 Å². The van der Waals surface area contributed by atoms with E-state index in [2.05, 4.69) is 154 Å². The summed E-state index contributed by atoms with van der Waals surface area (Å²) in [6, 6.07) is 39.9. The highest BCUT2D eigenvalue weighted by Gasteiger charge is 2.46. The second kappa shape index (κ2) is 9.21. The van der Waals surface area contributed by atoms with Gasteiger partial charge in [0.1, 0.15) is 0 Å². The van der Waals surface area contributed by atoms with Crippen molar-refractivity contribution in [2.75, 3.05) is 4.90 Å². The number of nitrogens with zero attached hydrogens (tertiary/aromatic N) is 2. The summed E-state index contributed by atoms with van der Waals surface area (Å²) in [5.41, 5.74) is 15.1. The average molecular weight is 667 g/mol. The van der Waals surface area contributed by atoms with Crippen molar-refractivity contribution in [2.24, 2.45) is 0 Å². The molecule has 6 aromatic carbocycles. The van der Waals surface area contributed by atoms with Crippen molar-refractivity contribution in [2.45, 2.75) is 62.2 Å². The van der Waals surface area contributed by atoms with Crippen molar-refractivity contribution in [1.82, 2.24) is 4.48 Å². The Kier molecular flexibility index (Phi) is 5.34. The first-order valence-electron chi connectivity index (χ1n) is 17.4. The van der Waals surface area contributed by atoms with Crippen LogP contribution < -0.4 is 15.8 Å². The third kappa shape index (κ3) is 3.60. The summed E-state index contributed by atoms with van der Waals surface area (Å²) in [7, 11) is 0. The first kappa shape index (κ1) is 28.4. The third-order valence-electron chi connectivity index (χ3n) is 11.2. The molecule has 11 rings (SSSR count). The van der Waals surface area contributed by atoms with Crippen molar-refractivity contribution in [3.8, 4) is 11.1 Å². The minimum Gasteiger partial charge on any atom is -0.375 e. The van der Waals surface area contributed by atoms with Gasteiger partial charge in [0.15, 0.2) is 0 Å². The van der Waals surface area contributed by atoms with Gasteiger partial charge in [0.05, 0.1) is 17.1 Å². The predicted octanol–water partition coefficient (Wildman–Crippen LogP) is 11.6. The van der Waals surface area contributed by atoms with Crippen LogP contribution in [-0.2, 0) is 10.8 Å². The van der Waals surface area contributed by atoms with Crippen LogP contribution in [0, 0.1) is 0 Å². The van der Waals surface area contributed by atoms with E-state index in [-0.39, 0.29) is 17.7 Å². The molecule has 236 valence electrons. The molecule has 0 saturated heterocycles. The molecular formula is C44H35BN2S2. The molecule has 3 aliphatic rings. The predicted molar refractivity (Wildman–Crippen MR) is 214 cm³/mol. The van der Waals surface area contributed by atoms with Gasteiger partial charge in [0.25, 0.3) is 0 Å². The Morgan fingerprint density at radius 1 is 0.592 bits per heavy atom. The molecule has 0 fully saturated rings. The Morgan fingerprint density at radius 2 is 1.35 bits per heavy atom. The molecule has 5 heterocycles. The van der Waals surface area contributed by atoms with E-state index in [4.69, 9.17) is 0 Å². The summed E-state index contributed by atoms with van der Waals surface area (Å²) in [4.78, 5) is 5.29. The Balaban J connectivity index is 1.39. The molecule has 8 aromatic rings. The van der Waals surface area contributed by atoms with E-state index >= 15 is 0 Å². The van der Waals surface area contributed by atoms with Crippen molar-refractivity contribution < 1.29 is 0 Å². The lowest BCUT2D eigenvalue weighted by Gasteiger charge is -2.44. The monoisotopic (exact) mass is 666 g/mol. The van der Waals surface area contributed by atoms with E-state index in [9.17, 15) is 0 Å². The molecule has 0 aliphatic carbocycles. The van der Waals surface area contributed by atoms with Crippen LogP contribution in [0.4, 0.5) is 17.1 Å². The first-order valence-corrected chi connectivity index (χ1v) is 19.0. The van der Waals surface area contributed by atoms with Crippen LogP contribution in [0.25, 0.3) is 53.1 Å². The minimum absolute atomic E-state index is 0.00388. The molecule has 0 spiro atoms. The Labute approximate surface area is 295 Å². The topological polar surface area (TPSA) is 8.17 Å². The maximum atomic E-state index is 2.73. The van der Waals surface area contributed by atoms with Gasteiger partial charge in [-0.15, -0.1) is 11.3 Å². The van der Waals surface area contributed by atoms with Crippen molar-refractivity contribution >= 4 is 99.9 Å². The maximum Gasteiger partial charge on any atom is 0.333 e. The molecule has 49 heavy (non-hydrogen) atoms. The Bertz CT molecular complexity index is 2790. The van der Waals surface area contributed by atoms with Crippen LogP contribution in [0.2, 0.25) is 0 Å². The number of anilines is 3. The zero-order valence-electron chi connectivity index (χ0n) is 28.6. The summed E-state index contributed by atoms with van der Waals surface area (Å²) in [6.45, 7) is 14.1. The number of benzene rings is 6. The van der Waals surface area contributed by atoms with Crippen LogP contribution >= 0.6 is 23.1 Å². The van der Waals surface area contributed by atoms with Crippen LogP contribution in [0.3, 0.4) is 0 Å². The van der Waals surface area contributed by atoms with Gasteiger partial charge in [0.2, 0.25) is 0 Å². The maximum absolute atomic E-state index is 2.73. The van der Waals surface area contributed by atoms with Crippen LogP contribution in [-0.4, -0.2) is 11.3 Å². The second-order valence-corrected chi connectivity index (χ2v) is 18.3. The standard InChI is InChI=1S/C44H35BN2S2/c1-43(2,3)24-18-19-32-27(20-24)29-21-25(44(4,5)6)22-30-28-23-37-38(26-12-7-9-15-34(26)48-37)42-39(28)45(47(32)40(29)30)31-13-11-17-36-41(31)46(42)33-14-8-10-16-35(33)49-36/h7-23H,1-6H3. The summed E-state index contributed by atoms with van der Waals surface area (Å²) < 4.78 is 5.43. The molecular weight excluding hydrogens is 631 g/mol. The van der Waals surface area contributed by atoms with E-state index in [1.807, 2.05) is 23.1 Å². The molecule has 2 nitrogen and oxygen atoms in total. The Hall–Kier alpha value is -4.45. The van der Waals surface area contributed by atoms with E-state index < -0.39 is 0 Å². The number of thiophene rings is 1. The van der Waals surface area contributed by atoms with E-state index in [1.54, 1.807) is 0 Å². The summed E-state index contributed by atoms with van der Waals surface area (Å²) in [5.74, 6) is 0. The van der Waals surface area contributed by atoms with E-state index in [0.717, 1.165) is 0 Å². The highest BCUT2D eigenvalue weighted by atomic mass is 32.2. The molecule has 0 bridgehead atoms. The van der Waals surface area contributed by atoms with Crippen LogP contribution in [0.5, 0.6) is 0 Å². The van der Waals surface area contributed by atoms with Gasteiger partial charge in [-0.3, -0.25) is 0 Å². The van der Waals surface area contributed by atoms with Crippen LogP contribution in [0.15, 0.2) is 113 Å². The summed E-state index contributed by atoms with van der Waals surface area (Å²) in [5, 5.41) is 5.47. The number of rotatable bonds is 0. The molecule has 5 heteroatoms. The quantitative estimate of drug-likeness (QED) is 0.149. The van der Waals surface area contributed by atoms with Gasteiger partial charge >= 0.3 is 6.85 Å². The van der Waals surface area contributed by atoms with Crippen LogP contribution in [0.1, 0.15) is 52.7 Å². The number of aromatic nitrogens is 1. The van der Waals surface area contributed by atoms with Crippen molar-refractivity contribution in [3.05, 3.63) is 114 Å². The van der Waals surface area contributed by atoms with Gasteiger partial charge in [-0.25, -0.2) is 0 Å². The summed E-state index contributed by atoms with van der Waals surface area (Å²) in [6.07, 6.45) is 0. The third-order valence-corrected chi connectivity index (χ3v) is 13.5. The number of para-hydroxylation sites is 2. The molecule has 0 N–H and O–H groups in total. The minimum atomic E-state index is 0.00388.